The fraction of sp³-hybridized carbons (Fsp3) is 0.700. The number of nitrogens with zero attached hydrogens (tertiary/aromatic N) is 2. The highest BCUT2D eigenvalue weighted by atomic mass is 32.2. The summed E-state index contributed by atoms with van der Waals surface area (Å²) in [5.41, 5.74) is -0.0223. The van der Waals surface area contributed by atoms with Crippen LogP contribution in [0.5, 0.6) is 0 Å². The standard InChI is InChI=1S/C20H29N3O5S2/c1-12-17(19(24)27-3)18(13(2)28-12)30(25,26)23-8-6-22(7-9-23)20(29)21-16-11-14-4-5-15(16)10-14/h14-16H,4-11H2,1-3H3,(H,21,29). The Labute approximate surface area is 183 Å². The van der Waals surface area contributed by atoms with E-state index in [1.807, 2.05) is 4.90 Å². The maximum Gasteiger partial charge on any atom is 0.342 e. The first-order valence-electron chi connectivity index (χ1n) is 10.5. The number of thiocarbonyl (C=S) groups is 1. The third-order valence-corrected chi connectivity index (χ3v) is 9.19. The zero-order valence-electron chi connectivity index (χ0n) is 17.6. The molecule has 8 nitrogen and oxygen atoms in total. The summed E-state index contributed by atoms with van der Waals surface area (Å²) in [5, 5.41) is 4.24. The lowest BCUT2D eigenvalue weighted by Gasteiger charge is -2.37. The summed E-state index contributed by atoms with van der Waals surface area (Å²) >= 11 is 5.62. The van der Waals surface area contributed by atoms with Crippen LogP contribution in [0.1, 0.15) is 47.6 Å². The van der Waals surface area contributed by atoms with Crippen LogP contribution in [0.3, 0.4) is 0 Å². The van der Waals surface area contributed by atoms with Gasteiger partial charge in [0.15, 0.2) is 5.11 Å². The number of carbonyl (C=O) groups is 1. The normalized spacial score (nSPS) is 26.8. The molecule has 3 atom stereocenters. The van der Waals surface area contributed by atoms with Gasteiger partial charge in [0.2, 0.25) is 10.0 Å². The Hall–Kier alpha value is -1.65. The first-order valence-corrected chi connectivity index (χ1v) is 12.3. The third-order valence-electron chi connectivity index (χ3n) is 6.77. The molecule has 0 spiro atoms. The highest BCUT2D eigenvalue weighted by molar-refractivity contribution is 7.89. The van der Waals surface area contributed by atoms with Crippen molar-refractivity contribution in [1.29, 1.82) is 0 Å². The van der Waals surface area contributed by atoms with Crippen LogP contribution in [0.15, 0.2) is 9.31 Å². The van der Waals surface area contributed by atoms with E-state index in [1.54, 1.807) is 13.8 Å². The molecule has 166 valence electrons. The molecule has 1 saturated heterocycles. The highest BCUT2D eigenvalue weighted by Crippen LogP contribution is 2.44. The van der Waals surface area contributed by atoms with Gasteiger partial charge in [-0.2, -0.15) is 4.31 Å². The van der Waals surface area contributed by atoms with Crippen LogP contribution in [-0.4, -0.2) is 68.0 Å². The minimum atomic E-state index is -3.89. The van der Waals surface area contributed by atoms with Crippen molar-refractivity contribution in [3.63, 3.8) is 0 Å². The van der Waals surface area contributed by atoms with E-state index in [-0.39, 0.29) is 22.0 Å². The van der Waals surface area contributed by atoms with Crippen LogP contribution >= 0.6 is 12.2 Å². The average molecular weight is 456 g/mol. The first-order chi connectivity index (χ1) is 14.2. The minimum Gasteiger partial charge on any atom is -0.465 e. The van der Waals surface area contributed by atoms with Gasteiger partial charge in [0.1, 0.15) is 22.0 Å². The van der Waals surface area contributed by atoms with Crippen LogP contribution in [0.4, 0.5) is 0 Å². The van der Waals surface area contributed by atoms with E-state index in [0.29, 0.717) is 32.2 Å². The van der Waals surface area contributed by atoms with Crippen molar-refractivity contribution in [2.75, 3.05) is 33.3 Å². The van der Waals surface area contributed by atoms with Gasteiger partial charge in [-0.3, -0.25) is 0 Å². The van der Waals surface area contributed by atoms with Crippen LogP contribution in [0.25, 0.3) is 0 Å². The molecule has 2 aliphatic carbocycles. The second-order valence-electron chi connectivity index (χ2n) is 8.53. The Balaban J connectivity index is 1.42. The predicted octanol–water partition coefficient (Wildman–Crippen LogP) is 2.05. The monoisotopic (exact) mass is 455 g/mol. The zero-order valence-corrected chi connectivity index (χ0v) is 19.3. The van der Waals surface area contributed by atoms with Gasteiger partial charge in [-0.15, -0.1) is 0 Å². The summed E-state index contributed by atoms with van der Waals surface area (Å²) in [4.78, 5) is 14.1. The van der Waals surface area contributed by atoms with Crippen LogP contribution in [-0.2, 0) is 14.8 Å². The number of carbonyl (C=O) groups excluding carboxylic acids is 1. The fourth-order valence-electron chi connectivity index (χ4n) is 5.24. The van der Waals surface area contributed by atoms with Crippen molar-refractivity contribution in [3.05, 3.63) is 17.1 Å². The Bertz CT molecular complexity index is 950. The van der Waals surface area contributed by atoms with Gasteiger partial charge in [-0.1, -0.05) is 6.42 Å². The number of furan rings is 1. The van der Waals surface area contributed by atoms with Gasteiger partial charge in [0, 0.05) is 32.2 Å². The molecular formula is C20H29N3O5S2. The molecule has 0 amide bonds. The molecular weight excluding hydrogens is 426 g/mol. The smallest absolute Gasteiger partial charge is 0.342 e. The SMILES string of the molecule is COC(=O)c1c(C)oc(C)c1S(=O)(=O)N1CCN(C(=S)NC2CC3CCC2C3)CC1. The molecule has 4 rings (SSSR count). The fourth-order valence-corrected chi connectivity index (χ4v) is 7.37. The number of hydrogen-bond acceptors (Lipinski definition) is 6. The van der Waals surface area contributed by atoms with E-state index >= 15 is 0 Å². The number of piperazine rings is 1. The summed E-state index contributed by atoms with van der Waals surface area (Å²) in [5.74, 6) is 1.29. The Morgan fingerprint density at radius 3 is 2.40 bits per heavy atom. The average Bonchev–Trinajstić information content (AvgIpc) is 3.41. The number of rotatable bonds is 4. The molecule has 3 unspecified atom stereocenters. The zero-order chi connectivity index (χ0) is 21.6. The van der Waals surface area contributed by atoms with E-state index in [9.17, 15) is 13.2 Å². The van der Waals surface area contributed by atoms with Gasteiger partial charge in [0.05, 0.1) is 7.11 Å². The summed E-state index contributed by atoms with van der Waals surface area (Å²) in [6.45, 7) is 4.73. The molecule has 0 aromatic carbocycles. The maximum absolute atomic E-state index is 13.3. The second-order valence-corrected chi connectivity index (χ2v) is 10.8. The molecule has 10 heteroatoms. The molecule has 1 N–H and O–H groups in total. The van der Waals surface area contributed by atoms with E-state index in [0.717, 1.165) is 16.9 Å². The molecule has 30 heavy (non-hydrogen) atoms. The minimum absolute atomic E-state index is 0.0223. The number of hydrogen-bond donors (Lipinski definition) is 1. The quantitative estimate of drug-likeness (QED) is 0.545. The topological polar surface area (TPSA) is 92.1 Å². The molecule has 2 heterocycles. The predicted molar refractivity (Wildman–Crippen MR) is 115 cm³/mol. The van der Waals surface area contributed by atoms with Crippen molar-refractivity contribution < 1.29 is 22.4 Å². The third kappa shape index (κ3) is 3.73. The second kappa shape index (κ2) is 8.12. The first kappa shape index (κ1) is 21.6. The lowest BCUT2D eigenvalue weighted by molar-refractivity contribution is 0.0594. The lowest BCUT2D eigenvalue weighted by atomic mass is 9.95. The van der Waals surface area contributed by atoms with E-state index in [2.05, 4.69) is 5.32 Å². The Kier molecular flexibility index (Phi) is 5.84. The van der Waals surface area contributed by atoms with Crippen LogP contribution < -0.4 is 5.32 Å². The number of esters is 1. The van der Waals surface area contributed by atoms with E-state index < -0.39 is 16.0 Å². The van der Waals surface area contributed by atoms with Gasteiger partial charge in [0.25, 0.3) is 0 Å². The maximum atomic E-state index is 13.3. The van der Waals surface area contributed by atoms with Gasteiger partial charge in [-0.05, 0) is 57.2 Å². The number of methoxy groups -OCH3 is 1. The van der Waals surface area contributed by atoms with Crippen LogP contribution in [0, 0.1) is 25.7 Å². The highest BCUT2D eigenvalue weighted by Gasteiger charge is 2.41. The number of aryl methyl sites for hydroxylation is 2. The molecule has 1 aromatic rings. The lowest BCUT2D eigenvalue weighted by Crippen LogP contribution is -2.55. The summed E-state index contributed by atoms with van der Waals surface area (Å²) < 4.78 is 38.2. The number of ether oxygens (including phenoxy) is 1. The largest absolute Gasteiger partial charge is 0.465 e. The van der Waals surface area contributed by atoms with Gasteiger partial charge in [-0.25, -0.2) is 13.2 Å². The molecule has 3 aliphatic rings. The summed E-state index contributed by atoms with van der Waals surface area (Å²) in [6.07, 6.45) is 5.11. The molecule has 0 radical (unpaired) electrons. The van der Waals surface area contributed by atoms with Crippen LogP contribution in [0.2, 0.25) is 0 Å². The van der Waals surface area contributed by atoms with Crippen molar-refractivity contribution in [2.45, 2.75) is 50.5 Å². The van der Waals surface area contributed by atoms with E-state index in [4.69, 9.17) is 21.4 Å². The number of sulfonamides is 1. The van der Waals surface area contributed by atoms with Crippen molar-refractivity contribution in [2.24, 2.45) is 11.8 Å². The van der Waals surface area contributed by atoms with Gasteiger partial charge < -0.3 is 19.4 Å². The van der Waals surface area contributed by atoms with Crippen molar-refractivity contribution in [3.8, 4) is 0 Å². The van der Waals surface area contributed by atoms with Gasteiger partial charge >= 0.3 is 5.97 Å². The molecule has 2 bridgehead atoms. The summed E-state index contributed by atoms with van der Waals surface area (Å²) in [6, 6.07) is 0.456. The van der Waals surface area contributed by atoms with E-state index in [1.165, 1.54) is 37.1 Å². The molecule has 1 aliphatic heterocycles. The molecule has 1 aromatic heterocycles. The van der Waals surface area contributed by atoms with Crippen molar-refractivity contribution in [1.82, 2.24) is 14.5 Å². The molecule has 3 fully saturated rings. The number of nitrogens with one attached hydrogen (secondary N) is 1. The van der Waals surface area contributed by atoms with Crippen molar-refractivity contribution >= 4 is 33.3 Å². The Morgan fingerprint density at radius 2 is 1.83 bits per heavy atom. The molecule has 2 saturated carbocycles. The number of fused-ring (bicyclic) bond motifs is 2. The Morgan fingerprint density at radius 1 is 1.13 bits per heavy atom. The summed E-state index contributed by atoms with van der Waals surface area (Å²) in [7, 11) is -2.66.